The van der Waals surface area contributed by atoms with Crippen molar-refractivity contribution in [2.24, 2.45) is 10.7 Å². The minimum atomic E-state index is -0.263. The lowest BCUT2D eigenvalue weighted by molar-refractivity contribution is 0.288. The molecule has 0 aliphatic carbocycles. The smallest absolute Gasteiger partial charge is 0.138 e. The van der Waals surface area contributed by atoms with Crippen LogP contribution in [0.4, 0.5) is 0 Å². The summed E-state index contributed by atoms with van der Waals surface area (Å²) in [5.41, 5.74) is 6.19. The number of hydrogen-bond acceptors (Lipinski definition) is 3. The molecule has 0 saturated heterocycles. The van der Waals surface area contributed by atoms with Gasteiger partial charge in [-0.15, -0.1) is 0 Å². The molecule has 2 N–H and O–H groups in total. The average molecular weight is 265 g/mol. The third kappa shape index (κ3) is 4.26. The van der Waals surface area contributed by atoms with Gasteiger partial charge in [-0.1, -0.05) is 36.4 Å². The van der Waals surface area contributed by atoms with E-state index >= 15 is 0 Å². The SMILES string of the molecule is C=C(N)/N=C(\C=C/C)[C@@H](C)Oc1ccccc1Cl. The first kappa shape index (κ1) is 14.3. The molecule has 0 fully saturated rings. The Morgan fingerprint density at radius 3 is 2.72 bits per heavy atom. The van der Waals surface area contributed by atoms with Gasteiger partial charge < -0.3 is 10.5 Å². The number of nitrogens with zero attached hydrogens (tertiary/aromatic N) is 1. The Bertz CT molecular complexity index is 480. The quantitative estimate of drug-likeness (QED) is 0.827. The number of para-hydroxylation sites is 1. The number of halogens is 1. The van der Waals surface area contributed by atoms with Crippen LogP contribution < -0.4 is 10.5 Å². The Balaban J connectivity index is 2.89. The van der Waals surface area contributed by atoms with Gasteiger partial charge in [0, 0.05) is 0 Å². The van der Waals surface area contributed by atoms with Crippen molar-refractivity contribution >= 4 is 17.3 Å². The van der Waals surface area contributed by atoms with Crippen molar-refractivity contribution in [2.75, 3.05) is 0 Å². The van der Waals surface area contributed by atoms with Crippen molar-refractivity contribution in [2.45, 2.75) is 20.0 Å². The number of allylic oxidation sites excluding steroid dienone is 1. The summed E-state index contributed by atoms with van der Waals surface area (Å²) in [4.78, 5) is 4.14. The summed E-state index contributed by atoms with van der Waals surface area (Å²) in [5, 5.41) is 0.566. The largest absolute Gasteiger partial charge is 0.483 e. The molecule has 1 rings (SSSR count). The predicted molar refractivity (Wildman–Crippen MR) is 77.1 cm³/mol. The van der Waals surface area contributed by atoms with Gasteiger partial charge in [-0.25, -0.2) is 4.99 Å². The van der Waals surface area contributed by atoms with Crippen molar-refractivity contribution < 1.29 is 4.74 Å². The van der Waals surface area contributed by atoms with Crippen LogP contribution in [-0.2, 0) is 0 Å². The highest BCUT2D eigenvalue weighted by Gasteiger charge is 2.11. The number of aliphatic imine (C=N–C) groups is 1. The Kier molecular flexibility index (Phi) is 5.46. The van der Waals surface area contributed by atoms with Crippen LogP contribution in [-0.4, -0.2) is 11.8 Å². The van der Waals surface area contributed by atoms with Gasteiger partial charge in [-0.3, -0.25) is 0 Å². The normalized spacial score (nSPS) is 13.6. The summed E-state index contributed by atoms with van der Waals surface area (Å²) in [5.74, 6) is 0.865. The lowest BCUT2D eigenvalue weighted by atomic mass is 10.2. The van der Waals surface area contributed by atoms with Crippen molar-refractivity contribution in [3.8, 4) is 5.75 Å². The average Bonchev–Trinajstić information content (AvgIpc) is 2.31. The molecule has 1 atom stereocenters. The molecule has 1 aromatic carbocycles. The van der Waals surface area contributed by atoms with Crippen LogP contribution in [0.5, 0.6) is 5.75 Å². The first-order valence-corrected chi connectivity index (χ1v) is 5.99. The fraction of sp³-hybridized carbons (Fsp3) is 0.214. The number of nitrogens with two attached hydrogens (primary N) is 1. The molecule has 1 aromatic rings. The molecule has 0 amide bonds. The number of ether oxygens (including phenoxy) is 1. The summed E-state index contributed by atoms with van der Waals surface area (Å²) in [6.45, 7) is 7.34. The molecule has 3 nitrogen and oxygen atoms in total. The second kappa shape index (κ2) is 6.87. The van der Waals surface area contributed by atoms with E-state index in [-0.39, 0.29) is 11.9 Å². The van der Waals surface area contributed by atoms with E-state index in [9.17, 15) is 0 Å². The van der Waals surface area contributed by atoms with Crippen molar-refractivity contribution in [3.05, 3.63) is 53.8 Å². The monoisotopic (exact) mass is 264 g/mol. The Morgan fingerprint density at radius 2 is 2.17 bits per heavy atom. The maximum Gasteiger partial charge on any atom is 0.138 e. The minimum Gasteiger partial charge on any atom is -0.483 e. The fourth-order valence-electron chi connectivity index (χ4n) is 1.39. The van der Waals surface area contributed by atoms with Crippen molar-refractivity contribution in [3.63, 3.8) is 0 Å². The molecule has 0 bridgehead atoms. The second-order valence-corrected chi connectivity index (χ2v) is 4.13. The van der Waals surface area contributed by atoms with Gasteiger partial charge in [0.05, 0.1) is 10.7 Å². The number of hydrogen-bond donors (Lipinski definition) is 1. The van der Waals surface area contributed by atoms with E-state index in [0.717, 1.165) is 0 Å². The molecule has 0 aliphatic rings. The van der Waals surface area contributed by atoms with Crippen LogP contribution in [0.15, 0.2) is 53.8 Å². The molecule has 18 heavy (non-hydrogen) atoms. The molecule has 0 aromatic heterocycles. The topological polar surface area (TPSA) is 47.6 Å². The first-order chi connectivity index (χ1) is 8.54. The Hall–Kier alpha value is -1.74. The molecule has 4 heteroatoms. The van der Waals surface area contributed by atoms with E-state index in [1.807, 2.05) is 44.2 Å². The second-order valence-electron chi connectivity index (χ2n) is 3.72. The van der Waals surface area contributed by atoms with E-state index in [2.05, 4.69) is 11.6 Å². The van der Waals surface area contributed by atoms with Gasteiger partial charge in [0.25, 0.3) is 0 Å². The van der Waals surface area contributed by atoms with Crippen LogP contribution in [0, 0.1) is 0 Å². The van der Waals surface area contributed by atoms with Gasteiger partial charge in [-0.2, -0.15) is 0 Å². The highest BCUT2D eigenvalue weighted by Crippen LogP contribution is 2.24. The molecule has 0 unspecified atom stereocenters. The van der Waals surface area contributed by atoms with Crippen LogP contribution in [0.3, 0.4) is 0 Å². The highest BCUT2D eigenvalue weighted by atomic mass is 35.5. The molecule has 0 spiro atoms. The summed E-state index contributed by atoms with van der Waals surface area (Å²) in [6.07, 6.45) is 3.44. The van der Waals surface area contributed by atoms with Crippen LogP contribution in [0.25, 0.3) is 0 Å². The summed E-state index contributed by atoms with van der Waals surface area (Å²) in [7, 11) is 0. The van der Waals surface area contributed by atoms with E-state index in [1.54, 1.807) is 6.07 Å². The minimum absolute atomic E-state index is 0.248. The number of benzene rings is 1. The third-order valence-electron chi connectivity index (χ3n) is 2.17. The summed E-state index contributed by atoms with van der Waals surface area (Å²) < 4.78 is 5.75. The molecule has 0 aliphatic heterocycles. The van der Waals surface area contributed by atoms with Gasteiger partial charge in [0.2, 0.25) is 0 Å². The molecule has 0 heterocycles. The lowest BCUT2D eigenvalue weighted by Crippen LogP contribution is -2.23. The van der Waals surface area contributed by atoms with Gasteiger partial charge in [0.15, 0.2) is 0 Å². The van der Waals surface area contributed by atoms with E-state index in [0.29, 0.717) is 16.5 Å². The summed E-state index contributed by atoms with van der Waals surface area (Å²) in [6, 6.07) is 7.30. The predicted octanol–water partition coefficient (Wildman–Crippen LogP) is 3.55. The molecular formula is C14H17ClN2O. The molecular weight excluding hydrogens is 248 g/mol. The fourth-order valence-corrected chi connectivity index (χ4v) is 1.57. The van der Waals surface area contributed by atoms with E-state index < -0.39 is 0 Å². The number of rotatable bonds is 5. The van der Waals surface area contributed by atoms with E-state index in [1.165, 1.54) is 0 Å². The first-order valence-electron chi connectivity index (χ1n) is 5.61. The van der Waals surface area contributed by atoms with E-state index in [4.69, 9.17) is 22.1 Å². The van der Waals surface area contributed by atoms with Crippen LogP contribution >= 0.6 is 11.6 Å². The Labute approximate surface area is 113 Å². The maximum absolute atomic E-state index is 6.03. The van der Waals surface area contributed by atoms with Gasteiger partial charge in [-0.05, 0) is 32.1 Å². The van der Waals surface area contributed by atoms with Crippen LogP contribution in [0.2, 0.25) is 5.02 Å². The highest BCUT2D eigenvalue weighted by molar-refractivity contribution is 6.32. The van der Waals surface area contributed by atoms with Gasteiger partial charge in [0.1, 0.15) is 17.7 Å². The zero-order valence-corrected chi connectivity index (χ0v) is 11.3. The molecule has 96 valence electrons. The maximum atomic E-state index is 6.03. The zero-order valence-electron chi connectivity index (χ0n) is 10.6. The molecule has 0 saturated carbocycles. The van der Waals surface area contributed by atoms with Gasteiger partial charge >= 0.3 is 0 Å². The van der Waals surface area contributed by atoms with Crippen LogP contribution in [0.1, 0.15) is 13.8 Å². The zero-order chi connectivity index (χ0) is 13.5. The third-order valence-corrected chi connectivity index (χ3v) is 2.48. The lowest BCUT2D eigenvalue weighted by Gasteiger charge is -2.16. The standard InChI is InChI=1S/C14H17ClN2O/c1-4-7-13(17-11(3)16)10(2)18-14-9-6-5-8-12(14)15/h4-10H,3,16H2,1-2H3/b7-4-,17-13+/t10-/m1/s1. The summed E-state index contributed by atoms with van der Waals surface area (Å²) >= 11 is 6.03. The van der Waals surface area contributed by atoms with Crippen molar-refractivity contribution in [1.82, 2.24) is 0 Å². The molecule has 0 radical (unpaired) electrons. The Morgan fingerprint density at radius 1 is 1.50 bits per heavy atom. The van der Waals surface area contributed by atoms with Crippen molar-refractivity contribution in [1.29, 1.82) is 0 Å².